The minimum absolute atomic E-state index is 0.558. The van der Waals surface area contributed by atoms with Crippen LogP contribution in [0.25, 0.3) is 22.8 Å². The molecule has 3 aromatic rings. The Morgan fingerprint density at radius 2 is 1.71 bits per heavy atom. The van der Waals surface area contributed by atoms with Gasteiger partial charge in [-0.3, -0.25) is 0 Å². The van der Waals surface area contributed by atoms with Crippen molar-refractivity contribution in [2.24, 2.45) is 0 Å². The molecule has 0 fully saturated rings. The van der Waals surface area contributed by atoms with Gasteiger partial charge in [-0.25, -0.2) is 0 Å². The predicted octanol–water partition coefficient (Wildman–Crippen LogP) is 3.77. The molecule has 0 unspecified atom stereocenters. The summed E-state index contributed by atoms with van der Waals surface area (Å²) in [6, 6.07) is 14.1. The van der Waals surface area contributed by atoms with Crippen LogP contribution in [0, 0.1) is 0 Å². The molecule has 21 heavy (non-hydrogen) atoms. The Labute approximate surface area is 130 Å². The van der Waals surface area contributed by atoms with Gasteiger partial charge in [0, 0.05) is 28.7 Å². The first kappa shape index (κ1) is 12.7. The number of nitrogens with zero attached hydrogens (tertiary/aromatic N) is 2. The summed E-state index contributed by atoms with van der Waals surface area (Å²) in [4.78, 5) is 4.49. The van der Waals surface area contributed by atoms with Crippen LogP contribution in [0.4, 0.5) is 0 Å². The monoisotopic (exact) mass is 341 g/mol. The van der Waals surface area contributed by atoms with Crippen molar-refractivity contribution in [2.45, 2.75) is 13.1 Å². The van der Waals surface area contributed by atoms with Crippen LogP contribution >= 0.6 is 15.9 Å². The SMILES string of the molecule is Brc1ccc(-c2noc(-c3ccc4c(c3)CNC4)n2)cc1. The maximum Gasteiger partial charge on any atom is 0.258 e. The Hall–Kier alpha value is -1.98. The molecule has 0 bridgehead atoms. The van der Waals surface area contributed by atoms with E-state index in [0.29, 0.717) is 11.7 Å². The van der Waals surface area contributed by atoms with Gasteiger partial charge >= 0.3 is 0 Å². The maximum absolute atomic E-state index is 5.40. The molecule has 0 saturated heterocycles. The lowest BCUT2D eigenvalue weighted by Crippen LogP contribution is -1.99. The summed E-state index contributed by atoms with van der Waals surface area (Å²) in [7, 11) is 0. The second-order valence-corrected chi connectivity index (χ2v) is 5.93. The maximum atomic E-state index is 5.40. The number of rotatable bonds is 2. The first-order valence-electron chi connectivity index (χ1n) is 6.72. The van der Waals surface area contributed by atoms with Gasteiger partial charge in [-0.2, -0.15) is 4.98 Å². The fourth-order valence-electron chi connectivity index (χ4n) is 2.48. The van der Waals surface area contributed by atoms with Crippen molar-refractivity contribution in [3.8, 4) is 22.8 Å². The van der Waals surface area contributed by atoms with E-state index in [-0.39, 0.29) is 0 Å². The Morgan fingerprint density at radius 3 is 2.57 bits per heavy atom. The number of halogens is 1. The zero-order valence-electron chi connectivity index (χ0n) is 11.1. The Morgan fingerprint density at radius 1 is 0.952 bits per heavy atom. The van der Waals surface area contributed by atoms with Gasteiger partial charge in [0.2, 0.25) is 5.82 Å². The van der Waals surface area contributed by atoms with Crippen molar-refractivity contribution >= 4 is 15.9 Å². The van der Waals surface area contributed by atoms with E-state index in [1.807, 2.05) is 30.3 Å². The van der Waals surface area contributed by atoms with Crippen LogP contribution in [0.1, 0.15) is 11.1 Å². The van der Waals surface area contributed by atoms with Gasteiger partial charge < -0.3 is 9.84 Å². The molecule has 104 valence electrons. The third-order valence-electron chi connectivity index (χ3n) is 3.61. The number of benzene rings is 2. The fraction of sp³-hybridized carbons (Fsp3) is 0.125. The minimum atomic E-state index is 0.558. The highest BCUT2D eigenvalue weighted by atomic mass is 79.9. The minimum Gasteiger partial charge on any atom is -0.334 e. The third kappa shape index (κ3) is 2.39. The van der Waals surface area contributed by atoms with E-state index in [4.69, 9.17) is 4.52 Å². The molecule has 4 rings (SSSR count). The zero-order valence-corrected chi connectivity index (χ0v) is 12.7. The van der Waals surface area contributed by atoms with Crippen LogP contribution in [0.3, 0.4) is 0 Å². The smallest absolute Gasteiger partial charge is 0.258 e. The highest BCUT2D eigenvalue weighted by Gasteiger charge is 2.15. The lowest BCUT2D eigenvalue weighted by molar-refractivity contribution is 0.432. The molecule has 1 aliphatic rings. The number of fused-ring (bicyclic) bond motifs is 1. The first-order chi connectivity index (χ1) is 10.3. The summed E-state index contributed by atoms with van der Waals surface area (Å²) < 4.78 is 6.43. The van der Waals surface area contributed by atoms with Gasteiger partial charge in [-0.1, -0.05) is 27.2 Å². The van der Waals surface area contributed by atoms with Crippen molar-refractivity contribution in [1.82, 2.24) is 15.5 Å². The third-order valence-corrected chi connectivity index (χ3v) is 4.14. The molecular weight excluding hydrogens is 330 g/mol. The lowest BCUT2D eigenvalue weighted by atomic mass is 10.1. The lowest BCUT2D eigenvalue weighted by Gasteiger charge is -1.99. The average Bonchev–Trinajstić information content (AvgIpc) is 3.16. The van der Waals surface area contributed by atoms with Gasteiger partial charge in [0.1, 0.15) is 0 Å². The van der Waals surface area contributed by atoms with E-state index in [1.165, 1.54) is 11.1 Å². The number of hydrogen-bond donors (Lipinski definition) is 1. The van der Waals surface area contributed by atoms with Crippen molar-refractivity contribution in [1.29, 1.82) is 0 Å². The van der Waals surface area contributed by atoms with Crippen LogP contribution in [0.5, 0.6) is 0 Å². The summed E-state index contributed by atoms with van der Waals surface area (Å²) in [5, 5.41) is 7.40. The van der Waals surface area contributed by atoms with Crippen molar-refractivity contribution in [2.75, 3.05) is 0 Å². The average molecular weight is 342 g/mol. The van der Waals surface area contributed by atoms with E-state index >= 15 is 0 Å². The molecule has 0 atom stereocenters. The molecule has 2 aromatic carbocycles. The highest BCUT2D eigenvalue weighted by molar-refractivity contribution is 9.10. The normalized spacial score (nSPS) is 13.4. The molecule has 1 aromatic heterocycles. The topological polar surface area (TPSA) is 51.0 Å². The zero-order chi connectivity index (χ0) is 14.2. The summed E-state index contributed by atoms with van der Waals surface area (Å²) in [5.74, 6) is 1.17. The van der Waals surface area contributed by atoms with Crippen LogP contribution in [-0.2, 0) is 13.1 Å². The standard InChI is InChI=1S/C16H12BrN3O/c17-14-5-3-10(4-6-14)15-19-16(21-20-15)11-1-2-12-8-18-9-13(12)7-11/h1-7,18H,8-9H2. The molecular formula is C16H12BrN3O. The van der Waals surface area contributed by atoms with E-state index < -0.39 is 0 Å². The molecule has 1 N–H and O–H groups in total. The highest BCUT2D eigenvalue weighted by Crippen LogP contribution is 2.26. The summed E-state index contributed by atoms with van der Waals surface area (Å²) in [5.41, 5.74) is 4.55. The van der Waals surface area contributed by atoms with Crippen molar-refractivity contribution < 1.29 is 4.52 Å². The van der Waals surface area contributed by atoms with Crippen LogP contribution in [-0.4, -0.2) is 10.1 Å². The Kier molecular flexibility index (Phi) is 3.09. The number of nitrogens with one attached hydrogen (secondary N) is 1. The summed E-state index contributed by atoms with van der Waals surface area (Å²) in [6.45, 7) is 1.83. The Bertz CT molecular complexity index is 796. The molecule has 0 saturated carbocycles. The Balaban J connectivity index is 1.69. The molecule has 0 radical (unpaired) electrons. The first-order valence-corrected chi connectivity index (χ1v) is 7.51. The van der Waals surface area contributed by atoms with Gasteiger partial charge in [0.25, 0.3) is 5.89 Å². The predicted molar refractivity (Wildman–Crippen MR) is 83.4 cm³/mol. The van der Waals surface area contributed by atoms with Gasteiger partial charge in [-0.05, 0) is 47.5 Å². The molecule has 0 amide bonds. The quantitative estimate of drug-likeness (QED) is 0.770. The van der Waals surface area contributed by atoms with E-state index in [1.54, 1.807) is 0 Å². The van der Waals surface area contributed by atoms with Crippen LogP contribution < -0.4 is 5.32 Å². The van der Waals surface area contributed by atoms with E-state index in [0.717, 1.165) is 28.7 Å². The van der Waals surface area contributed by atoms with Crippen LogP contribution in [0.15, 0.2) is 51.5 Å². The van der Waals surface area contributed by atoms with Crippen molar-refractivity contribution in [3.63, 3.8) is 0 Å². The van der Waals surface area contributed by atoms with Gasteiger partial charge in [0.05, 0.1) is 0 Å². The molecule has 4 nitrogen and oxygen atoms in total. The van der Waals surface area contributed by atoms with Gasteiger partial charge in [0.15, 0.2) is 0 Å². The largest absolute Gasteiger partial charge is 0.334 e. The molecule has 5 heteroatoms. The second kappa shape index (κ2) is 5.09. The van der Waals surface area contributed by atoms with Gasteiger partial charge in [-0.15, -0.1) is 0 Å². The summed E-state index contributed by atoms with van der Waals surface area (Å²) in [6.07, 6.45) is 0. The van der Waals surface area contributed by atoms with E-state index in [9.17, 15) is 0 Å². The van der Waals surface area contributed by atoms with E-state index in [2.05, 4.69) is 43.5 Å². The number of aromatic nitrogens is 2. The van der Waals surface area contributed by atoms with Crippen LogP contribution in [0.2, 0.25) is 0 Å². The molecule has 1 aliphatic heterocycles. The molecule has 2 heterocycles. The molecule has 0 aliphatic carbocycles. The molecule has 0 spiro atoms. The van der Waals surface area contributed by atoms with Crippen molar-refractivity contribution in [3.05, 3.63) is 58.1 Å². The fourth-order valence-corrected chi connectivity index (χ4v) is 2.75. The number of hydrogen-bond acceptors (Lipinski definition) is 4. The second-order valence-electron chi connectivity index (χ2n) is 5.02. The summed E-state index contributed by atoms with van der Waals surface area (Å²) >= 11 is 3.42.